The number of rotatable bonds is 5. The van der Waals surface area contributed by atoms with E-state index in [1.807, 2.05) is 24.3 Å². The van der Waals surface area contributed by atoms with Gasteiger partial charge in [0.2, 0.25) is 0 Å². The van der Waals surface area contributed by atoms with Crippen LogP contribution in [0.25, 0.3) is 0 Å². The van der Waals surface area contributed by atoms with Crippen LogP contribution in [0.1, 0.15) is 42.9 Å². The summed E-state index contributed by atoms with van der Waals surface area (Å²) < 4.78 is 5.12. The van der Waals surface area contributed by atoms with Gasteiger partial charge >= 0.3 is 0 Å². The molecule has 25 heavy (non-hydrogen) atoms. The molecule has 126 valence electrons. The normalized spacial score (nSPS) is 9.84. The van der Waals surface area contributed by atoms with Gasteiger partial charge in [0.25, 0.3) is 0 Å². The third-order valence-corrected chi connectivity index (χ3v) is 3.80. The van der Waals surface area contributed by atoms with Crippen molar-refractivity contribution in [1.29, 1.82) is 0 Å². The molecule has 0 unspecified atom stereocenters. The molecule has 0 amide bonds. The summed E-state index contributed by atoms with van der Waals surface area (Å²) in [7, 11) is 1.65. The number of hydrogen-bond acceptors (Lipinski definition) is 1. The minimum absolute atomic E-state index is 0.836. The lowest BCUT2D eigenvalue weighted by Gasteiger charge is -2.00. The molecule has 0 aliphatic carbocycles. The minimum atomic E-state index is 0.836. The zero-order valence-corrected chi connectivity index (χ0v) is 15.0. The highest BCUT2D eigenvalue weighted by Gasteiger charge is 1.93. The summed E-state index contributed by atoms with van der Waals surface area (Å²) >= 11 is 0. The largest absolute Gasteiger partial charge is 0.497 e. The van der Waals surface area contributed by atoms with Gasteiger partial charge in [-0.15, -0.1) is 0 Å². The summed E-state index contributed by atoms with van der Waals surface area (Å²) in [6, 6.07) is 16.2. The molecule has 0 saturated heterocycles. The molecule has 0 aliphatic rings. The molecule has 1 heteroatoms. The lowest BCUT2D eigenvalue weighted by atomic mass is 10.1. The monoisotopic (exact) mass is 328 g/mol. The van der Waals surface area contributed by atoms with Crippen molar-refractivity contribution in [3.05, 3.63) is 77.4 Å². The van der Waals surface area contributed by atoms with Crippen LogP contribution in [-0.2, 0) is 6.42 Å². The molecule has 0 bridgehead atoms. The average Bonchev–Trinajstić information content (AvgIpc) is 2.66. The van der Waals surface area contributed by atoms with Crippen molar-refractivity contribution < 1.29 is 4.74 Å². The summed E-state index contributed by atoms with van der Waals surface area (Å²) in [6.07, 6.45) is 8.53. The third-order valence-electron chi connectivity index (χ3n) is 3.80. The Balaban J connectivity index is 1.85. The molecule has 0 saturated carbocycles. The van der Waals surface area contributed by atoms with Crippen LogP contribution in [0.15, 0.2) is 60.7 Å². The molecule has 0 aromatic heterocycles. The number of methoxy groups -OCH3 is 1. The molecule has 1 nitrogen and oxygen atoms in total. The quantitative estimate of drug-likeness (QED) is 0.528. The number of allylic oxidation sites excluding steroid dienone is 2. The Morgan fingerprint density at radius 1 is 0.800 bits per heavy atom. The number of aryl methyl sites for hydroxylation is 1. The molecule has 2 aromatic rings. The highest BCUT2D eigenvalue weighted by atomic mass is 16.5. The van der Waals surface area contributed by atoms with Gasteiger partial charge < -0.3 is 4.74 Å². The number of ether oxygens (including phenoxy) is 1. The SMILES string of the molecule is CCCCCc1ccc(C#C/C=C/C#Cc2ccc(OC)cc2)cc1. The fourth-order valence-electron chi connectivity index (χ4n) is 2.34. The van der Waals surface area contributed by atoms with Crippen molar-refractivity contribution in [2.45, 2.75) is 32.6 Å². The van der Waals surface area contributed by atoms with Crippen LogP contribution in [0.3, 0.4) is 0 Å². The fraction of sp³-hybridized carbons (Fsp3) is 0.250. The van der Waals surface area contributed by atoms with Crippen LogP contribution in [0, 0.1) is 23.7 Å². The second-order valence-corrected chi connectivity index (χ2v) is 5.75. The van der Waals surface area contributed by atoms with Crippen LogP contribution < -0.4 is 4.74 Å². The number of benzene rings is 2. The van der Waals surface area contributed by atoms with Crippen LogP contribution in [0.5, 0.6) is 5.75 Å². The Morgan fingerprint density at radius 2 is 1.36 bits per heavy atom. The predicted octanol–water partition coefficient (Wildman–Crippen LogP) is 5.39. The van der Waals surface area contributed by atoms with Gasteiger partial charge in [0.1, 0.15) is 5.75 Å². The maximum atomic E-state index is 5.12. The van der Waals surface area contributed by atoms with Crippen molar-refractivity contribution in [3.8, 4) is 29.4 Å². The van der Waals surface area contributed by atoms with Gasteiger partial charge in [-0.1, -0.05) is 55.6 Å². The number of hydrogen-bond donors (Lipinski definition) is 0. The smallest absolute Gasteiger partial charge is 0.118 e. The first-order valence-corrected chi connectivity index (χ1v) is 8.73. The Bertz CT molecular complexity index is 788. The van der Waals surface area contributed by atoms with Crippen molar-refractivity contribution >= 4 is 0 Å². The second-order valence-electron chi connectivity index (χ2n) is 5.75. The van der Waals surface area contributed by atoms with E-state index in [0.717, 1.165) is 23.3 Å². The summed E-state index contributed by atoms with van der Waals surface area (Å²) in [5, 5.41) is 0. The average molecular weight is 328 g/mol. The molecule has 2 aromatic carbocycles. The van der Waals surface area contributed by atoms with Crippen LogP contribution in [0.2, 0.25) is 0 Å². The van der Waals surface area contributed by atoms with Crippen LogP contribution in [-0.4, -0.2) is 7.11 Å². The highest BCUT2D eigenvalue weighted by molar-refractivity contribution is 5.42. The second kappa shape index (κ2) is 10.8. The molecule has 0 aliphatic heterocycles. The van der Waals surface area contributed by atoms with Gasteiger partial charge in [-0.05, 0) is 67.0 Å². The molecular weight excluding hydrogens is 304 g/mol. The lowest BCUT2D eigenvalue weighted by molar-refractivity contribution is 0.415. The Labute approximate surface area is 151 Å². The molecule has 0 atom stereocenters. The standard InChI is InChI=1S/C24H24O/c1-3-4-7-10-21-13-15-22(16-14-21)11-8-5-6-9-12-23-17-19-24(25-2)20-18-23/h5-6,13-20H,3-4,7,10H2,1-2H3/b6-5+. The van der Waals surface area contributed by atoms with Crippen LogP contribution >= 0.6 is 0 Å². The van der Waals surface area contributed by atoms with E-state index in [0.29, 0.717) is 0 Å². The lowest BCUT2D eigenvalue weighted by Crippen LogP contribution is -1.85. The topological polar surface area (TPSA) is 9.23 Å². The third kappa shape index (κ3) is 7.03. The van der Waals surface area contributed by atoms with Gasteiger partial charge in [0, 0.05) is 11.1 Å². The molecule has 2 rings (SSSR count). The fourth-order valence-corrected chi connectivity index (χ4v) is 2.34. The maximum Gasteiger partial charge on any atom is 0.118 e. The molecular formula is C24H24O. The van der Waals surface area contributed by atoms with Gasteiger partial charge in [-0.3, -0.25) is 0 Å². The predicted molar refractivity (Wildman–Crippen MR) is 106 cm³/mol. The van der Waals surface area contributed by atoms with Gasteiger partial charge in [0.15, 0.2) is 0 Å². The zero-order valence-electron chi connectivity index (χ0n) is 15.0. The number of unbranched alkanes of at least 4 members (excludes halogenated alkanes) is 2. The molecule has 0 heterocycles. The Kier molecular flexibility index (Phi) is 7.96. The van der Waals surface area contributed by atoms with E-state index < -0.39 is 0 Å². The van der Waals surface area contributed by atoms with Gasteiger partial charge in [-0.2, -0.15) is 0 Å². The van der Waals surface area contributed by atoms with E-state index in [1.165, 1.54) is 24.8 Å². The van der Waals surface area contributed by atoms with Crippen molar-refractivity contribution in [1.82, 2.24) is 0 Å². The zero-order chi connectivity index (χ0) is 17.7. The van der Waals surface area contributed by atoms with Gasteiger partial charge in [-0.25, -0.2) is 0 Å². The Morgan fingerprint density at radius 3 is 1.88 bits per heavy atom. The van der Waals surface area contributed by atoms with Crippen LogP contribution in [0.4, 0.5) is 0 Å². The summed E-state index contributed by atoms with van der Waals surface area (Å²) in [6.45, 7) is 2.23. The summed E-state index contributed by atoms with van der Waals surface area (Å²) in [5.74, 6) is 13.0. The van der Waals surface area contributed by atoms with E-state index in [9.17, 15) is 0 Å². The molecule has 0 spiro atoms. The van der Waals surface area contributed by atoms with E-state index in [4.69, 9.17) is 4.74 Å². The molecule has 0 radical (unpaired) electrons. The van der Waals surface area contributed by atoms with E-state index >= 15 is 0 Å². The molecule has 0 N–H and O–H groups in total. The minimum Gasteiger partial charge on any atom is -0.497 e. The van der Waals surface area contributed by atoms with Crippen molar-refractivity contribution in [3.63, 3.8) is 0 Å². The first kappa shape index (κ1) is 18.4. The van der Waals surface area contributed by atoms with E-state index in [2.05, 4.69) is 54.9 Å². The van der Waals surface area contributed by atoms with E-state index in [-0.39, 0.29) is 0 Å². The maximum absolute atomic E-state index is 5.12. The first-order chi connectivity index (χ1) is 12.3. The molecule has 0 fully saturated rings. The summed E-state index contributed by atoms with van der Waals surface area (Å²) in [4.78, 5) is 0. The summed E-state index contributed by atoms with van der Waals surface area (Å²) in [5.41, 5.74) is 3.38. The van der Waals surface area contributed by atoms with Crippen molar-refractivity contribution in [2.75, 3.05) is 7.11 Å². The van der Waals surface area contributed by atoms with E-state index in [1.54, 1.807) is 19.3 Å². The highest BCUT2D eigenvalue weighted by Crippen LogP contribution is 2.10. The first-order valence-electron chi connectivity index (χ1n) is 8.73. The van der Waals surface area contributed by atoms with Gasteiger partial charge in [0.05, 0.1) is 7.11 Å². The Hall–Kier alpha value is -2.90. The van der Waals surface area contributed by atoms with Crippen molar-refractivity contribution in [2.24, 2.45) is 0 Å².